The van der Waals surface area contributed by atoms with Crippen LogP contribution in [0.5, 0.6) is 5.75 Å². The van der Waals surface area contributed by atoms with E-state index in [9.17, 15) is 9.59 Å². The molecular formula is C22H25N3O3S. The molecule has 0 aliphatic carbocycles. The number of carbonyl (C=O) groups is 1. The number of benzene rings is 2. The Morgan fingerprint density at radius 3 is 2.48 bits per heavy atom. The van der Waals surface area contributed by atoms with E-state index in [1.807, 2.05) is 25.1 Å². The zero-order valence-electron chi connectivity index (χ0n) is 17.0. The van der Waals surface area contributed by atoms with Crippen molar-refractivity contribution in [2.45, 2.75) is 37.7 Å². The number of anilines is 1. The lowest BCUT2D eigenvalue weighted by atomic mass is 10.2. The molecule has 1 heterocycles. The van der Waals surface area contributed by atoms with Gasteiger partial charge in [0.1, 0.15) is 5.75 Å². The molecule has 7 heteroatoms. The van der Waals surface area contributed by atoms with Crippen molar-refractivity contribution in [3.63, 3.8) is 0 Å². The molecule has 0 spiro atoms. The van der Waals surface area contributed by atoms with Crippen molar-refractivity contribution in [2.75, 3.05) is 12.4 Å². The molecule has 1 amide bonds. The van der Waals surface area contributed by atoms with Crippen molar-refractivity contribution in [3.8, 4) is 5.75 Å². The molecule has 0 aliphatic heterocycles. The van der Waals surface area contributed by atoms with Crippen LogP contribution in [-0.4, -0.2) is 27.8 Å². The number of para-hydroxylation sites is 1. The van der Waals surface area contributed by atoms with E-state index in [-0.39, 0.29) is 17.4 Å². The fraction of sp³-hybridized carbons (Fsp3) is 0.318. The van der Waals surface area contributed by atoms with Gasteiger partial charge in [-0.25, -0.2) is 4.98 Å². The second-order valence-corrected chi connectivity index (χ2v) is 8.51. The van der Waals surface area contributed by atoms with Gasteiger partial charge in [0.25, 0.3) is 5.56 Å². The zero-order valence-corrected chi connectivity index (χ0v) is 17.8. The van der Waals surface area contributed by atoms with Gasteiger partial charge in [-0.3, -0.25) is 14.2 Å². The number of aromatic nitrogens is 2. The average Bonchev–Trinajstić information content (AvgIpc) is 2.71. The van der Waals surface area contributed by atoms with Crippen LogP contribution in [0.2, 0.25) is 0 Å². The van der Waals surface area contributed by atoms with E-state index in [0.717, 1.165) is 5.75 Å². The van der Waals surface area contributed by atoms with Gasteiger partial charge in [-0.2, -0.15) is 0 Å². The summed E-state index contributed by atoms with van der Waals surface area (Å²) in [7, 11) is 1.60. The number of nitrogens with one attached hydrogen (secondary N) is 1. The molecule has 0 aliphatic rings. The Hall–Kier alpha value is -2.80. The second-order valence-electron chi connectivity index (χ2n) is 7.20. The molecule has 152 valence electrons. The number of methoxy groups -OCH3 is 1. The molecule has 0 radical (unpaired) electrons. The third-order valence-electron chi connectivity index (χ3n) is 4.38. The summed E-state index contributed by atoms with van der Waals surface area (Å²) in [4.78, 5) is 30.3. The van der Waals surface area contributed by atoms with Crippen LogP contribution in [0.25, 0.3) is 10.9 Å². The van der Waals surface area contributed by atoms with Crippen LogP contribution >= 0.6 is 11.8 Å². The monoisotopic (exact) mass is 411 g/mol. The Kier molecular flexibility index (Phi) is 6.59. The van der Waals surface area contributed by atoms with Crippen molar-refractivity contribution < 1.29 is 9.53 Å². The minimum atomic E-state index is -0.427. The lowest BCUT2D eigenvalue weighted by Gasteiger charge is -2.17. The van der Waals surface area contributed by atoms with E-state index in [1.165, 1.54) is 11.8 Å². The van der Waals surface area contributed by atoms with Gasteiger partial charge in [0.15, 0.2) is 5.16 Å². The maximum Gasteiger partial charge on any atom is 0.262 e. The Morgan fingerprint density at radius 2 is 1.83 bits per heavy atom. The summed E-state index contributed by atoms with van der Waals surface area (Å²) in [6.07, 6.45) is 0. The Labute approximate surface area is 174 Å². The van der Waals surface area contributed by atoms with Crippen molar-refractivity contribution in [3.05, 3.63) is 58.9 Å². The number of thioether (sulfide) groups is 1. The maximum atomic E-state index is 13.0. The van der Waals surface area contributed by atoms with E-state index in [2.05, 4.69) is 24.1 Å². The van der Waals surface area contributed by atoms with Gasteiger partial charge < -0.3 is 10.1 Å². The smallest absolute Gasteiger partial charge is 0.262 e. The number of nitrogens with zero attached hydrogens (tertiary/aromatic N) is 2. The summed E-state index contributed by atoms with van der Waals surface area (Å²) in [5, 5.41) is 3.61. The summed E-state index contributed by atoms with van der Waals surface area (Å²) < 4.78 is 6.81. The minimum absolute atomic E-state index is 0.0745. The Balaban J connectivity index is 1.85. The Morgan fingerprint density at radius 1 is 1.14 bits per heavy atom. The molecular weight excluding hydrogens is 386 g/mol. The Bertz CT molecular complexity index is 1060. The highest BCUT2D eigenvalue weighted by Gasteiger charge is 2.20. The van der Waals surface area contributed by atoms with Gasteiger partial charge in [0, 0.05) is 12.2 Å². The van der Waals surface area contributed by atoms with E-state index >= 15 is 0 Å². The fourth-order valence-electron chi connectivity index (χ4n) is 2.89. The number of ether oxygens (including phenoxy) is 1. The summed E-state index contributed by atoms with van der Waals surface area (Å²) in [5.41, 5.74) is 1.26. The van der Waals surface area contributed by atoms with Gasteiger partial charge in [-0.1, -0.05) is 37.7 Å². The van der Waals surface area contributed by atoms with E-state index < -0.39 is 5.25 Å². The van der Waals surface area contributed by atoms with Crippen molar-refractivity contribution in [2.24, 2.45) is 5.92 Å². The molecule has 3 aromatic rings. The number of rotatable bonds is 7. The fourth-order valence-corrected chi connectivity index (χ4v) is 3.81. The van der Waals surface area contributed by atoms with Crippen LogP contribution in [-0.2, 0) is 11.3 Å². The predicted octanol–water partition coefficient (Wildman–Crippen LogP) is 4.18. The average molecular weight is 412 g/mol. The standard InChI is InChI=1S/C22H25N3O3S/c1-14(2)13-25-21(27)18-7-5-6-8-19(18)24-22(25)29-15(3)20(26)23-16-9-11-17(28-4)12-10-16/h5-12,14-15H,13H2,1-4H3,(H,23,26)/t15-/m1/s1. The zero-order chi connectivity index (χ0) is 21.0. The highest BCUT2D eigenvalue weighted by atomic mass is 32.2. The molecule has 1 N–H and O–H groups in total. The third kappa shape index (κ3) is 4.98. The summed E-state index contributed by atoms with van der Waals surface area (Å²) >= 11 is 1.29. The van der Waals surface area contributed by atoms with E-state index in [4.69, 9.17) is 4.74 Å². The van der Waals surface area contributed by atoms with E-state index in [1.54, 1.807) is 42.0 Å². The molecule has 0 fully saturated rings. The van der Waals surface area contributed by atoms with Gasteiger partial charge in [-0.05, 0) is 49.2 Å². The van der Waals surface area contributed by atoms with Gasteiger partial charge in [-0.15, -0.1) is 0 Å². The number of fused-ring (bicyclic) bond motifs is 1. The molecule has 0 unspecified atom stereocenters. The molecule has 0 saturated carbocycles. The number of amides is 1. The number of carbonyl (C=O) groups excluding carboxylic acids is 1. The van der Waals surface area contributed by atoms with E-state index in [0.29, 0.717) is 28.3 Å². The van der Waals surface area contributed by atoms with Crippen LogP contribution in [0.1, 0.15) is 20.8 Å². The SMILES string of the molecule is COc1ccc(NC(=O)[C@@H](C)Sc2nc3ccccc3c(=O)n2CC(C)C)cc1. The van der Waals surface area contributed by atoms with Crippen LogP contribution in [0.3, 0.4) is 0 Å². The third-order valence-corrected chi connectivity index (χ3v) is 5.47. The van der Waals surface area contributed by atoms with Crippen molar-refractivity contribution in [1.82, 2.24) is 9.55 Å². The molecule has 6 nitrogen and oxygen atoms in total. The van der Waals surface area contributed by atoms with Crippen LogP contribution < -0.4 is 15.6 Å². The van der Waals surface area contributed by atoms with Gasteiger partial charge >= 0.3 is 0 Å². The molecule has 3 rings (SSSR count). The highest BCUT2D eigenvalue weighted by Crippen LogP contribution is 2.24. The second kappa shape index (κ2) is 9.13. The van der Waals surface area contributed by atoms with Crippen molar-refractivity contribution in [1.29, 1.82) is 0 Å². The molecule has 2 aromatic carbocycles. The van der Waals surface area contributed by atoms with Crippen molar-refractivity contribution >= 4 is 34.3 Å². The topological polar surface area (TPSA) is 73.2 Å². The molecule has 0 bridgehead atoms. The largest absolute Gasteiger partial charge is 0.497 e. The molecule has 0 saturated heterocycles. The summed E-state index contributed by atoms with van der Waals surface area (Å²) in [5.74, 6) is 0.848. The van der Waals surface area contributed by atoms with Gasteiger partial charge in [0.2, 0.25) is 5.91 Å². The lowest BCUT2D eigenvalue weighted by Crippen LogP contribution is -2.28. The predicted molar refractivity (Wildman–Crippen MR) is 118 cm³/mol. The highest BCUT2D eigenvalue weighted by molar-refractivity contribution is 8.00. The first kappa shape index (κ1) is 20.9. The quantitative estimate of drug-likeness (QED) is 0.466. The first-order valence-electron chi connectivity index (χ1n) is 9.50. The molecule has 29 heavy (non-hydrogen) atoms. The normalized spacial score (nSPS) is 12.2. The molecule has 1 aromatic heterocycles. The summed E-state index contributed by atoms with van der Waals surface area (Å²) in [6.45, 7) is 6.46. The first-order chi connectivity index (χ1) is 13.9. The number of hydrogen-bond donors (Lipinski definition) is 1. The van der Waals surface area contributed by atoms with Gasteiger partial charge in [0.05, 0.1) is 23.3 Å². The van der Waals surface area contributed by atoms with Crippen LogP contribution in [0.4, 0.5) is 5.69 Å². The molecule has 1 atom stereocenters. The maximum absolute atomic E-state index is 13.0. The summed E-state index contributed by atoms with van der Waals surface area (Å²) in [6, 6.07) is 14.5. The lowest BCUT2D eigenvalue weighted by molar-refractivity contribution is -0.115. The first-order valence-corrected chi connectivity index (χ1v) is 10.4. The van der Waals surface area contributed by atoms with Crippen LogP contribution in [0, 0.1) is 5.92 Å². The number of hydrogen-bond acceptors (Lipinski definition) is 5. The van der Waals surface area contributed by atoms with Crippen LogP contribution in [0.15, 0.2) is 58.5 Å². The minimum Gasteiger partial charge on any atom is -0.497 e.